The van der Waals surface area contributed by atoms with E-state index in [1.807, 2.05) is 12.3 Å². The maximum Gasteiger partial charge on any atom is 0.107 e. The Balaban J connectivity index is 1.88. The first kappa shape index (κ1) is 18.6. The summed E-state index contributed by atoms with van der Waals surface area (Å²) in [6.07, 6.45) is 7.15. The summed E-state index contributed by atoms with van der Waals surface area (Å²) in [4.78, 5) is 4.37. The van der Waals surface area contributed by atoms with E-state index in [0.717, 1.165) is 23.7 Å². The summed E-state index contributed by atoms with van der Waals surface area (Å²) < 4.78 is 5.51. The van der Waals surface area contributed by atoms with Crippen LogP contribution < -0.4 is 5.32 Å². The first-order valence-electron chi connectivity index (χ1n) is 8.10. The standard InChI is InChI=1S/C16H30N2O2S/c1-3-4-5-6-7-8-9-20-12-15(19)10-17-11-16-18-14(2)13-21-16/h13,15,17,19H,3-12H2,1-2H3. The number of nitrogens with one attached hydrogen (secondary N) is 1. The van der Waals surface area contributed by atoms with Gasteiger partial charge in [-0.1, -0.05) is 39.0 Å². The van der Waals surface area contributed by atoms with Gasteiger partial charge >= 0.3 is 0 Å². The van der Waals surface area contributed by atoms with Gasteiger partial charge in [0.2, 0.25) is 0 Å². The highest BCUT2D eigenvalue weighted by molar-refractivity contribution is 7.09. The monoisotopic (exact) mass is 314 g/mol. The summed E-state index contributed by atoms with van der Waals surface area (Å²) in [7, 11) is 0. The molecular formula is C16H30N2O2S. The van der Waals surface area contributed by atoms with Crippen molar-refractivity contribution in [1.29, 1.82) is 0 Å². The van der Waals surface area contributed by atoms with Crippen LogP contribution >= 0.6 is 11.3 Å². The Morgan fingerprint density at radius 1 is 1.29 bits per heavy atom. The van der Waals surface area contributed by atoms with Gasteiger partial charge in [0, 0.05) is 30.8 Å². The van der Waals surface area contributed by atoms with Crippen molar-refractivity contribution < 1.29 is 9.84 Å². The van der Waals surface area contributed by atoms with E-state index in [1.54, 1.807) is 11.3 Å². The van der Waals surface area contributed by atoms with E-state index in [-0.39, 0.29) is 0 Å². The van der Waals surface area contributed by atoms with Gasteiger partial charge in [-0.05, 0) is 13.3 Å². The van der Waals surface area contributed by atoms with Gasteiger partial charge < -0.3 is 15.2 Å². The fourth-order valence-corrected chi connectivity index (χ4v) is 2.83. The molecule has 1 rings (SSSR count). The zero-order valence-corrected chi connectivity index (χ0v) is 14.3. The number of hydrogen-bond acceptors (Lipinski definition) is 5. The van der Waals surface area contributed by atoms with Crippen molar-refractivity contribution in [3.63, 3.8) is 0 Å². The Morgan fingerprint density at radius 2 is 2.05 bits per heavy atom. The van der Waals surface area contributed by atoms with Crippen LogP contribution in [0.15, 0.2) is 5.38 Å². The predicted molar refractivity (Wildman–Crippen MR) is 88.8 cm³/mol. The van der Waals surface area contributed by atoms with Crippen molar-refractivity contribution in [3.8, 4) is 0 Å². The number of aliphatic hydroxyl groups is 1. The summed E-state index contributed by atoms with van der Waals surface area (Å²) in [5, 5.41) is 16.1. The third kappa shape index (κ3) is 9.96. The van der Waals surface area contributed by atoms with Crippen LogP contribution in [0.2, 0.25) is 0 Å². The molecule has 0 aliphatic rings. The van der Waals surface area contributed by atoms with E-state index in [2.05, 4.69) is 17.2 Å². The lowest BCUT2D eigenvalue weighted by atomic mass is 10.1. The minimum Gasteiger partial charge on any atom is -0.389 e. The van der Waals surface area contributed by atoms with Gasteiger partial charge in [0.15, 0.2) is 0 Å². The molecule has 21 heavy (non-hydrogen) atoms. The fraction of sp³-hybridized carbons (Fsp3) is 0.812. The number of unbranched alkanes of at least 4 members (excludes halogenated alkanes) is 5. The molecule has 0 radical (unpaired) electrons. The number of thiazole rings is 1. The van der Waals surface area contributed by atoms with Crippen molar-refractivity contribution in [3.05, 3.63) is 16.1 Å². The number of aromatic nitrogens is 1. The van der Waals surface area contributed by atoms with Gasteiger partial charge in [-0.25, -0.2) is 4.98 Å². The molecule has 0 amide bonds. The second kappa shape index (κ2) is 12.1. The second-order valence-corrected chi connectivity index (χ2v) is 6.45. The maximum absolute atomic E-state index is 9.80. The number of rotatable bonds is 13. The lowest BCUT2D eigenvalue weighted by Gasteiger charge is -2.11. The van der Waals surface area contributed by atoms with Crippen molar-refractivity contribution in [2.75, 3.05) is 19.8 Å². The summed E-state index contributed by atoms with van der Waals surface area (Å²) in [6, 6.07) is 0. The third-order valence-electron chi connectivity index (χ3n) is 3.28. The summed E-state index contributed by atoms with van der Waals surface area (Å²) >= 11 is 1.65. The van der Waals surface area contributed by atoms with Crippen LogP contribution in [0.25, 0.3) is 0 Å². The van der Waals surface area contributed by atoms with Crippen LogP contribution in [0.3, 0.4) is 0 Å². The van der Waals surface area contributed by atoms with Crippen molar-refractivity contribution in [1.82, 2.24) is 10.3 Å². The average molecular weight is 314 g/mol. The highest BCUT2D eigenvalue weighted by Gasteiger charge is 2.05. The van der Waals surface area contributed by atoms with Crippen LogP contribution in [0.1, 0.15) is 56.2 Å². The number of ether oxygens (including phenoxy) is 1. The van der Waals surface area contributed by atoms with Crippen LogP contribution in [0.5, 0.6) is 0 Å². The molecule has 1 aromatic rings. The Kier molecular flexibility index (Phi) is 10.7. The van der Waals surface area contributed by atoms with E-state index in [1.165, 1.54) is 32.1 Å². The first-order chi connectivity index (χ1) is 10.2. The molecule has 0 bridgehead atoms. The van der Waals surface area contributed by atoms with E-state index < -0.39 is 6.10 Å². The third-order valence-corrected chi connectivity index (χ3v) is 4.24. The van der Waals surface area contributed by atoms with Crippen LogP contribution in [-0.2, 0) is 11.3 Å². The maximum atomic E-state index is 9.80. The minimum atomic E-state index is -0.439. The fourth-order valence-electron chi connectivity index (χ4n) is 2.09. The van der Waals surface area contributed by atoms with E-state index >= 15 is 0 Å². The summed E-state index contributed by atoms with van der Waals surface area (Å²) in [5.41, 5.74) is 1.06. The Bertz CT molecular complexity index is 358. The lowest BCUT2D eigenvalue weighted by Crippen LogP contribution is -2.30. The molecule has 0 aliphatic heterocycles. The molecule has 5 heteroatoms. The molecule has 2 N–H and O–H groups in total. The number of hydrogen-bond donors (Lipinski definition) is 2. The molecule has 0 fully saturated rings. The Hall–Kier alpha value is -0.490. The van der Waals surface area contributed by atoms with Gasteiger partial charge in [-0.2, -0.15) is 0 Å². The lowest BCUT2D eigenvalue weighted by molar-refractivity contribution is 0.0353. The highest BCUT2D eigenvalue weighted by atomic mass is 32.1. The molecule has 1 atom stereocenters. The van der Waals surface area contributed by atoms with E-state index in [4.69, 9.17) is 4.74 Å². The average Bonchev–Trinajstić information content (AvgIpc) is 2.87. The van der Waals surface area contributed by atoms with Gasteiger partial charge in [-0.15, -0.1) is 11.3 Å². The van der Waals surface area contributed by atoms with Crippen LogP contribution in [-0.4, -0.2) is 36.0 Å². The van der Waals surface area contributed by atoms with Crippen molar-refractivity contribution in [2.24, 2.45) is 0 Å². The molecule has 0 saturated heterocycles. The number of nitrogens with zero attached hydrogens (tertiary/aromatic N) is 1. The molecule has 1 aromatic heterocycles. The molecule has 0 spiro atoms. The smallest absolute Gasteiger partial charge is 0.107 e. The van der Waals surface area contributed by atoms with Gasteiger partial charge in [-0.3, -0.25) is 0 Å². The number of aryl methyl sites for hydroxylation is 1. The SMILES string of the molecule is CCCCCCCCOCC(O)CNCc1nc(C)cs1. The minimum absolute atomic E-state index is 0.416. The molecule has 122 valence electrons. The molecule has 0 aromatic carbocycles. The van der Waals surface area contributed by atoms with Gasteiger partial charge in [0.05, 0.1) is 12.7 Å². The van der Waals surface area contributed by atoms with Crippen LogP contribution in [0, 0.1) is 6.92 Å². The largest absolute Gasteiger partial charge is 0.389 e. The zero-order valence-electron chi connectivity index (χ0n) is 13.4. The second-order valence-electron chi connectivity index (χ2n) is 5.51. The Morgan fingerprint density at radius 3 is 2.76 bits per heavy atom. The molecular weight excluding hydrogens is 284 g/mol. The predicted octanol–water partition coefficient (Wildman–Crippen LogP) is 3.28. The normalized spacial score (nSPS) is 12.7. The zero-order chi connectivity index (χ0) is 15.3. The first-order valence-corrected chi connectivity index (χ1v) is 8.98. The van der Waals surface area contributed by atoms with Gasteiger partial charge in [0.25, 0.3) is 0 Å². The molecule has 4 nitrogen and oxygen atoms in total. The molecule has 0 saturated carbocycles. The van der Waals surface area contributed by atoms with E-state index in [9.17, 15) is 5.11 Å². The summed E-state index contributed by atoms with van der Waals surface area (Å²) in [6.45, 7) is 6.66. The highest BCUT2D eigenvalue weighted by Crippen LogP contribution is 2.08. The topological polar surface area (TPSA) is 54.4 Å². The van der Waals surface area contributed by atoms with Gasteiger partial charge in [0.1, 0.15) is 5.01 Å². The quantitative estimate of drug-likeness (QED) is 0.549. The summed E-state index contributed by atoms with van der Waals surface area (Å²) in [5.74, 6) is 0. The van der Waals surface area contributed by atoms with Crippen molar-refractivity contribution >= 4 is 11.3 Å². The molecule has 0 aliphatic carbocycles. The molecule has 1 heterocycles. The van der Waals surface area contributed by atoms with Crippen LogP contribution in [0.4, 0.5) is 0 Å². The Labute approximate surface area is 132 Å². The van der Waals surface area contributed by atoms with Crippen molar-refractivity contribution in [2.45, 2.75) is 65.0 Å². The number of aliphatic hydroxyl groups excluding tert-OH is 1. The van der Waals surface area contributed by atoms with E-state index in [0.29, 0.717) is 19.7 Å². The molecule has 1 unspecified atom stereocenters.